The highest BCUT2D eigenvalue weighted by Crippen LogP contribution is 2.18. The molecule has 1 fully saturated rings. The van der Waals surface area contributed by atoms with Crippen LogP contribution in [0.3, 0.4) is 0 Å². The molecular weight excluding hydrogens is 178 g/mol. The van der Waals surface area contributed by atoms with Crippen LogP contribution in [0.1, 0.15) is 0 Å². The zero-order valence-electron chi connectivity index (χ0n) is 5.78. The van der Waals surface area contributed by atoms with Gasteiger partial charge in [-0.05, 0) is 12.2 Å². The lowest BCUT2D eigenvalue weighted by Gasteiger charge is -2.10. The van der Waals surface area contributed by atoms with Gasteiger partial charge in [0.1, 0.15) is 0 Å². The van der Waals surface area contributed by atoms with Crippen LogP contribution in [-0.4, -0.2) is 23.2 Å². The molecule has 1 aliphatic heterocycles. The quantitative estimate of drug-likeness (QED) is 0.656. The Kier molecular flexibility index (Phi) is 1.75. The molecule has 0 aliphatic carbocycles. The molecule has 0 spiro atoms. The number of rotatable bonds is 1. The van der Waals surface area contributed by atoms with Gasteiger partial charge in [-0.1, -0.05) is 0 Å². The summed E-state index contributed by atoms with van der Waals surface area (Å²) in [5, 5.41) is 6.81. The predicted octanol–water partition coefficient (Wildman–Crippen LogP) is 0.838. The molecule has 0 atom stereocenters. The summed E-state index contributed by atoms with van der Waals surface area (Å²) < 4.78 is 0. The molecule has 1 aromatic rings. The summed E-state index contributed by atoms with van der Waals surface area (Å²) in [4.78, 5) is 6.18. The van der Waals surface area contributed by atoms with Gasteiger partial charge in [0.25, 0.3) is 0 Å². The maximum Gasteiger partial charge on any atom is 0.191 e. The van der Waals surface area contributed by atoms with E-state index < -0.39 is 0 Å². The Morgan fingerprint density at radius 3 is 3.18 bits per heavy atom. The fraction of sp³-hybridized carbons (Fsp3) is 0.333. The van der Waals surface area contributed by atoms with Crippen molar-refractivity contribution in [3.63, 3.8) is 0 Å². The van der Waals surface area contributed by atoms with Crippen LogP contribution in [0.15, 0.2) is 11.6 Å². The third-order valence-corrected chi connectivity index (χ3v) is 2.67. The molecule has 11 heavy (non-hydrogen) atoms. The normalized spacial score (nSPS) is 17.1. The zero-order valence-corrected chi connectivity index (χ0v) is 7.41. The molecule has 1 saturated heterocycles. The third-order valence-electron chi connectivity index (χ3n) is 1.51. The number of nitrogens with one attached hydrogen (secondary N) is 1. The summed E-state index contributed by atoms with van der Waals surface area (Å²) >= 11 is 6.68. The highest BCUT2D eigenvalue weighted by atomic mass is 32.1. The molecule has 2 heterocycles. The third kappa shape index (κ3) is 1.21. The SMILES string of the molecule is S=C1NCCN1c1nccs1. The number of anilines is 1. The Balaban J connectivity index is 2.23. The van der Waals surface area contributed by atoms with Crippen LogP contribution >= 0.6 is 23.6 Å². The maximum absolute atomic E-state index is 5.07. The Morgan fingerprint density at radius 1 is 1.73 bits per heavy atom. The van der Waals surface area contributed by atoms with Crippen LogP contribution in [0.4, 0.5) is 5.13 Å². The fourth-order valence-electron chi connectivity index (χ4n) is 1.00. The lowest BCUT2D eigenvalue weighted by atomic mass is 10.6. The monoisotopic (exact) mass is 185 g/mol. The van der Waals surface area contributed by atoms with Gasteiger partial charge in [0, 0.05) is 24.7 Å². The highest BCUT2D eigenvalue weighted by molar-refractivity contribution is 7.80. The first-order valence-corrected chi connectivity index (χ1v) is 4.61. The molecule has 0 amide bonds. The van der Waals surface area contributed by atoms with Crippen molar-refractivity contribution in [2.24, 2.45) is 0 Å². The fourth-order valence-corrected chi connectivity index (χ4v) is 2.02. The van der Waals surface area contributed by atoms with Crippen molar-refractivity contribution in [1.82, 2.24) is 10.3 Å². The summed E-state index contributed by atoms with van der Waals surface area (Å²) in [6, 6.07) is 0. The summed E-state index contributed by atoms with van der Waals surface area (Å²) in [5.41, 5.74) is 0. The van der Waals surface area contributed by atoms with E-state index in [2.05, 4.69) is 10.3 Å². The Labute approximate surface area is 74.0 Å². The smallest absolute Gasteiger partial charge is 0.191 e. The lowest BCUT2D eigenvalue weighted by Crippen LogP contribution is -2.27. The first-order valence-electron chi connectivity index (χ1n) is 3.33. The molecule has 5 heteroatoms. The first kappa shape index (κ1) is 7.00. The number of hydrogen-bond acceptors (Lipinski definition) is 3. The average molecular weight is 185 g/mol. The van der Waals surface area contributed by atoms with E-state index in [1.165, 1.54) is 0 Å². The zero-order chi connectivity index (χ0) is 7.68. The van der Waals surface area contributed by atoms with Crippen LogP contribution in [0.2, 0.25) is 0 Å². The van der Waals surface area contributed by atoms with E-state index in [0.29, 0.717) is 0 Å². The van der Waals surface area contributed by atoms with E-state index in [0.717, 1.165) is 23.3 Å². The molecule has 3 nitrogen and oxygen atoms in total. The number of aromatic nitrogens is 1. The van der Waals surface area contributed by atoms with Gasteiger partial charge in [-0.3, -0.25) is 4.90 Å². The number of nitrogens with zero attached hydrogens (tertiary/aromatic N) is 2. The van der Waals surface area contributed by atoms with E-state index in [1.807, 2.05) is 10.3 Å². The van der Waals surface area contributed by atoms with Gasteiger partial charge in [0.2, 0.25) is 0 Å². The van der Waals surface area contributed by atoms with Gasteiger partial charge >= 0.3 is 0 Å². The van der Waals surface area contributed by atoms with E-state index in [-0.39, 0.29) is 0 Å². The molecule has 58 valence electrons. The van der Waals surface area contributed by atoms with Gasteiger partial charge in [-0.2, -0.15) is 0 Å². The molecular formula is C6H7N3S2. The van der Waals surface area contributed by atoms with Crippen LogP contribution in [0, 0.1) is 0 Å². The van der Waals surface area contributed by atoms with Gasteiger partial charge in [0.05, 0.1) is 0 Å². The second kappa shape index (κ2) is 2.75. The van der Waals surface area contributed by atoms with Gasteiger partial charge in [-0.25, -0.2) is 4.98 Å². The van der Waals surface area contributed by atoms with E-state index in [9.17, 15) is 0 Å². The summed E-state index contributed by atoms with van der Waals surface area (Å²) in [6.07, 6.45) is 1.79. The van der Waals surface area contributed by atoms with Crippen molar-refractivity contribution in [2.75, 3.05) is 18.0 Å². The van der Waals surface area contributed by atoms with Gasteiger partial charge in [0.15, 0.2) is 10.2 Å². The Hall–Kier alpha value is -0.680. The molecule has 1 N–H and O–H groups in total. The number of thiocarbonyl (C=S) groups is 1. The molecule has 0 saturated carbocycles. The molecule has 2 rings (SSSR count). The summed E-state index contributed by atoms with van der Waals surface area (Å²) in [5.74, 6) is 0. The summed E-state index contributed by atoms with van der Waals surface area (Å²) in [6.45, 7) is 1.87. The topological polar surface area (TPSA) is 28.2 Å². The molecule has 0 bridgehead atoms. The second-order valence-corrected chi connectivity index (χ2v) is 3.46. The Bertz CT molecular complexity index is 257. The molecule has 1 aliphatic rings. The number of thiazole rings is 1. The number of hydrogen-bond donors (Lipinski definition) is 1. The van der Waals surface area contributed by atoms with Crippen molar-refractivity contribution >= 4 is 33.8 Å². The largest absolute Gasteiger partial charge is 0.360 e. The Morgan fingerprint density at radius 2 is 2.64 bits per heavy atom. The second-order valence-electron chi connectivity index (χ2n) is 2.20. The van der Waals surface area contributed by atoms with E-state index in [4.69, 9.17) is 12.2 Å². The lowest BCUT2D eigenvalue weighted by molar-refractivity contribution is 0.972. The average Bonchev–Trinajstić information content (AvgIpc) is 2.55. The van der Waals surface area contributed by atoms with Crippen LogP contribution < -0.4 is 10.2 Å². The van der Waals surface area contributed by atoms with Crippen LogP contribution in [0.5, 0.6) is 0 Å². The van der Waals surface area contributed by atoms with Gasteiger partial charge in [-0.15, -0.1) is 11.3 Å². The standard InChI is InChI=1S/C6H7N3S2/c10-5-7-1-3-9(5)6-8-2-4-11-6/h2,4H,1,3H2,(H,7,10). The maximum atomic E-state index is 5.07. The molecule has 0 unspecified atom stereocenters. The van der Waals surface area contributed by atoms with Crippen molar-refractivity contribution < 1.29 is 0 Å². The summed E-state index contributed by atoms with van der Waals surface area (Å²) in [7, 11) is 0. The predicted molar refractivity (Wildman–Crippen MR) is 50.1 cm³/mol. The van der Waals surface area contributed by atoms with Gasteiger partial charge < -0.3 is 5.32 Å². The van der Waals surface area contributed by atoms with E-state index in [1.54, 1.807) is 17.5 Å². The first-order chi connectivity index (χ1) is 5.38. The minimum Gasteiger partial charge on any atom is -0.360 e. The van der Waals surface area contributed by atoms with Crippen molar-refractivity contribution in [2.45, 2.75) is 0 Å². The van der Waals surface area contributed by atoms with Crippen LogP contribution in [-0.2, 0) is 0 Å². The van der Waals surface area contributed by atoms with E-state index >= 15 is 0 Å². The van der Waals surface area contributed by atoms with Crippen molar-refractivity contribution in [3.05, 3.63) is 11.6 Å². The molecule has 1 aromatic heterocycles. The molecule has 0 radical (unpaired) electrons. The minimum absolute atomic E-state index is 0.792. The highest BCUT2D eigenvalue weighted by Gasteiger charge is 2.18. The van der Waals surface area contributed by atoms with Crippen LogP contribution in [0.25, 0.3) is 0 Å². The minimum atomic E-state index is 0.792. The van der Waals surface area contributed by atoms with Crippen molar-refractivity contribution in [3.8, 4) is 0 Å². The van der Waals surface area contributed by atoms with Crippen molar-refractivity contribution in [1.29, 1.82) is 0 Å². The molecule has 0 aromatic carbocycles.